The Morgan fingerprint density at radius 1 is 1.90 bits per heavy atom. The van der Waals surface area contributed by atoms with E-state index in [9.17, 15) is 9.70 Å². The smallest absolute Gasteiger partial charge is 0.279 e. The summed E-state index contributed by atoms with van der Waals surface area (Å²) in [5, 5.41) is 5.05. The van der Waals surface area contributed by atoms with Gasteiger partial charge in [0.2, 0.25) is 0 Å². The molecule has 0 radical (unpaired) electrons. The van der Waals surface area contributed by atoms with Crippen molar-refractivity contribution in [2.45, 2.75) is 6.04 Å². The van der Waals surface area contributed by atoms with Gasteiger partial charge in [-0.05, 0) is 5.18 Å². The average molecular weight is 158 g/mol. The lowest BCUT2D eigenvalue weighted by Gasteiger charge is -2.02. The van der Waals surface area contributed by atoms with Crippen LogP contribution >= 0.6 is 11.8 Å². The summed E-state index contributed by atoms with van der Waals surface area (Å²) < 4.78 is 0. The number of rotatable bonds is 2. The first-order chi connectivity index (χ1) is 4.74. The van der Waals surface area contributed by atoms with E-state index in [1.807, 2.05) is 0 Å². The van der Waals surface area contributed by atoms with Gasteiger partial charge in [-0.25, -0.2) is 0 Å². The van der Waals surface area contributed by atoms with Gasteiger partial charge in [-0.1, -0.05) is 18.3 Å². The van der Waals surface area contributed by atoms with Crippen LogP contribution in [0.5, 0.6) is 0 Å². The maximum atomic E-state index is 10.5. The minimum atomic E-state index is -0.255. The summed E-state index contributed by atoms with van der Waals surface area (Å²) in [6.07, 6.45) is 0. The molecule has 1 amide bonds. The van der Waals surface area contributed by atoms with Crippen LogP contribution in [0.2, 0.25) is 0 Å². The molecule has 1 aliphatic heterocycles. The Balaban J connectivity index is 2.52. The number of amides is 1. The molecular formula is C5H6N2O2S. The van der Waals surface area contributed by atoms with Crippen molar-refractivity contribution >= 4 is 17.0 Å². The van der Waals surface area contributed by atoms with Gasteiger partial charge >= 0.3 is 0 Å². The minimum Gasteiger partial charge on any atom is -0.338 e. The highest BCUT2D eigenvalue weighted by molar-refractivity contribution is 8.14. The van der Waals surface area contributed by atoms with Gasteiger partial charge < -0.3 is 5.32 Å². The highest BCUT2D eigenvalue weighted by Crippen LogP contribution is 2.17. The van der Waals surface area contributed by atoms with Crippen molar-refractivity contribution in [2.75, 3.05) is 5.75 Å². The van der Waals surface area contributed by atoms with Crippen molar-refractivity contribution in [3.05, 3.63) is 17.2 Å². The second-order valence-electron chi connectivity index (χ2n) is 1.88. The summed E-state index contributed by atoms with van der Waals surface area (Å²) in [5.41, 5.74) is 0.193. The summed E-state index contributed by atoms with van der Waals surface area (Å²) in [4.78, 5) is 20.4. The molecule has 0 saturated carbocycles. The molecule has 0 aromatic rings. The quantitative estimate of drug-likeness (QED) is 0.612. The van der Waals surface area contributed by atoms with Crippen LogP contribution in [0, 0.1) is 4.91 Å². The number of hydrogen-bond donors (Lipinski definition) is 1. The molecule has 5 heteroatoms. The summed E-state index contributed by atoms with van der Waals surface area (Å²) in [5.74, 6) is 0.559. The van der Waals surface area contributed by atoms with Crippen molar-refractivity contribution in [2.24, 2.45) is 5.18 Å². The third kappa shape index (κ3) is 1.36. The first-order valence-corrected chi connectivity index (χ1v) is 3.68. The Kier molecular flexibility index (Phi) is 2.06. The van der Waals surface area contributed by atoms with Crippen LogP contribution in [0.1, 0.15) is 0 Å². The highest BCUT2D eigenvalue weighted by Gasteiger charge is 2.24. The van der Waals surface area contributed by atoms with Crippen molar-refractivity contribution in [3.63, 3.8) is 0 Å². The van der Waals surface area contributed by atoms with E-state index >= 15 is 0 Å². The van der Waals surface area contributed by atoms with Crippen LogP contribution in [0.4, 0.5) is 4.79 Å². The van der Waals surface area contributed by atoms with Crippen molar-refractivity contribution in [1.29, 1.82) is 0 Å². The van der Waals surface area contributed by atoms with E-state index in [2.05, 4.69) is 17.1 Å². The van der Waals surface area contributed by atoms with E-state index in [0.29, 0.717) is 5.75 Å². The molecule has 1 saturated heterocycles. The van der Waals surface area contributed by atoms with Gasteiger partial charge in [-0.15, -0.1) is 4.91 Å². The molecule has 0 aromatic carbocycles. The molecule has 1 N–H and O–H groups in total. The van der Waals surface area contributed by atoms with Gasteiger partial charge in [-0.3, -0.25) is 4.79 Å². The van der Waals surface area contributed by atoms with Crippen molar-refractivity contribution in [3.8, 4) is 0 Å². The monoisotopic (exact) mass is 158 g/mol. The topological polar surface area (TPSA) is 58.5 Å². The molecule has 54 valence electrons. The molecule has 1 heterocycles. The number of nitrogens with zero attached hydrogens (tertiary/aromatic N) is 1. The Labute approximate surface area is 62.0 Å². The molecule has 0 aromatic heterocycles. The number of nitrogens with one attached hydrogen (secondary N) is 1. The molecule has 1 atom stereocenters. The second-order valence-corrected chi connectivity index (χ2v) is 2.87. The molecule has 10 heavy (non-hydrogen) atoms. The zero-order chi connectivity index (χ0) is 7.56. The van der Waals surface area contributed by atoms with Crippen LogP contribution < -0.4 is 5.32 Å². The Hall–Kier alpha value is -0.840. The van der Waals surface area contributed by atoms with Crippen molar-refractivity contribution < 1.29 is 4.79 Å². The molecule has 0 spiro atoms. The molecule has 1 rings (SSSR count). The molecule has 1 unspecified atom stereocenters. The Morgan fingerprint density at radius 3 is 3.00 bits per heavy atom. The Morgan fingerprint density at radius 2 is 2.60 bits per heavy atom. The molecule has 0 aliphatic carbocycles. The Bertz CT molecular complexity index is 192. The van der Waals surface area contributed by atoms with Crippen LogP contribution in [-0.2, 0) is 0 Å². The number of nitroso groups, excluding NO2 is 1. The lowest BCUT2D eigenvalue weighted by Crippen LogP contribution is -2.26. The number of carbonyl (C=O) groups is 1. The van der Waals surface area contributed by atoms with Crippen LogP contribution in [0.3, 0.4) is 0 Å². The van der Waals surface area contributed by atoms with E-state index < -0.39 is 0 Å². The first-order valence-electron chi connectivity index (χ1n) is 2.69. The summed E-state index contributed by atoms with van der Waals surface area (Å²) in [7, 11) is 0. The third-order valence-electron chi connectivity index (χ3n) is 1.19. The van der Waals surface area contributed by atoms with Gasteiger partial charge in [0.1, 0.15) is 5.70 Å². The highest BCUT2D eigenvalue weighted by atomic mass is 32.2. The fraction of sp³-hybridized carbons (Fsp3) is 0.400. The van der Waals surface area contributed by atoms with E-state index in [1.165, 1.54) is 0 Å². The lowest BCUT2D eigenvalue weighted by molar-refractivity contribution is 0.261. The predicted molar refractivity (Wildman–Crippen MR) is 39.7 cm³/mol. The number of carbonyl (C=O) groups excluding carboxylic acids is 1. The van der Waals surface area contributed by atoms with Gasteiger partial charge in [-0.2, -0.15) is 0 Å². The normalized spacial score (nSPS) is 24.0. The second kappa shape index (κ2) is 2.83. The van der Waals surface area contributed by atoms with Gasteiger partial charge in [0, 0.05) is 5.75 Å². The van der Waals surface area contributed by atoms with E-state index in [-0.39, 0.29) is 17.0 Å². The van der Waals surface area contributed by atoms with E-state index in [0.717, 1.165) is 11.8 Å². The van der Waals surface area contributed by atoms with Gasteiger partial charge in [0.25, 0.3) is 5.24 Å². The van der Waals surface area contributed by atoms with Crippen LogP contribution in [0.15, 0.2) is 17.5 Å². The largest absolute Gasteiger partial charge is 0.338 e. The maximum Gasteiger partial charge on any atom is 0.279 e. The predicted octanol–water partition coefficient (Wildman–Crippen LogP) is 1.09. The number of thioether (sulfide) groups is 1. The summed E-state index contributed by atoms with van der Waals surface area (Å²) >= 11 is 1.14. The SMILES string of the molecule is C=C(N=O)C1CSC(=O)N1. The minimum absolute atomic E-state index is 0.116. The third-order valence-corrected chi connectivity index (χ3v) is 2.07. The molecular weight excluding hydrogens is 152 g/mol. The van der Waals surface area contributed by atoms with E-state index in [4.69, 9.17) is 0 Å². The molecule has 1 aliphatic rings. The first kappa shape index (κ1) is 7.27. The molecule has 4 nitrogen and oxygen atoms in total. The summed E-state index contributed by atoms with van der Waals surface area (Å²) in [6.45, 7) is 3.38. The van der Waals surface area contributed by atoms with Crippen LogP contribution in [-0.4, -0.2) is 17.0 Å². The fourth-order valence-electron chi connectivity index (χ4n) is 0.628. The zero-order valence-electron chi connectivity index (χ0n) is 5.16. The molecule has 1 fully saturated rings. The summed E-state index contributed by atoms with van der Waals surface area (Å²) in [6, 6.07) is -0.255. The fourth-order valence-corrected chi connectivity index (χ4v) is 1.45. The maximum absolute atomic E-state index is 10.5. The van der Waals surface area contributed by atoms with Crippen molar-refractivity contribution in [1.82, 2.24) is 5.32 Å². The molecule has 0 bridgehead atoms. The average Bonchev–Trinajstić information content (AvgIpc) is 2.34. The standard InChI is InChI=1S/C5H6N2O2S/c1-3(7-9)4-2-10-5(8)6-4/h4H,1-2H2,(H,6,8). The number of hydrogen-bond acceptors (Lipinski definition) is 4. The zero-order valence-corrected chi connectivity index (χ0v) is 5.98. The van der Waals surface area contributed by atoms with Gasteiger partial charge in [0.15, 0.2) is 0 Å². The van der Waals surface area contributed by atoms with E-state index in [1.54, 1.807) is 0 Å². The lowest BCUT2D eigenvalue weighted by atomic mass is 10.3. The van der Waals surface area contributed by atoms with Crippen LogP contribution in [0.25, 0.3) is 0 Å². The van der Waals surface area contributed by atoms with Gasteiger partial charge in [0.05, 0.1) is 6.04 Å².